The van der Waals surface area contributed by atoms with Crippen LogP contribution in [0, 0.1) is 6.92 Å². The molecule has 2 bridgehead atoms. The smallest absolute Gasteiger partial charge is 0.254 e. The minimum absolute atomic E-state index is 0.118. The van der Waals surface area contributed by atoms with E-state index in [9.17, 15) is 4.79 Å². The SMILES string of the molecule is Cc1cc(Nc2nc(NC3C[C@H]4CCC[C@@H](C3)N4C(=O)c3ccncc3)nc3sccc23)n[nH]1. The molecule has 9 nitrogen and oxygen atoms in total. The summed E-state index contributed by atoms with van der Waals surface area (Å²) in [5.74, 6) is 2.20. The molecule has 0 aromatic carbocycles. The predicted octanol–water partition coefficient (Wildman–Crippen LogP) is 4.50. The maximum absolute atomic E-state index is 13.3. The van der Waals surface area contributed by atoms with Gasteiger partial charge < -0.3 is 15.5 Å². The van der Waals surface area contributed by atoms with Crippen LogP contribution < -0.4 is 10.6 Å². The Kier molecular flexibility index (Phi) is 5.37. The molecule has 34 heavy (non-hydrogen) atoms. The molecule has 2 saturated heterocycles. The minimum Gasteiger partial charge on any atom is -0.351 e. The molecule has 1 amide bonds. The Labute approximate surface area is 201 Å². The van der Waals surface area contributed by atoms with Crippen molar-refractivity contribution in [1.29, 1.82) is 0 Å². The van der Waals surface area contributed by atoms with E-state index in [0.717, 1.165) is 59.7 Å². The monoisotopic (exact) mass is 474 g/mol. The number of hydrogen-bond acceptors (Lipinski definition) is 8. The second-order valence-electron chi connectivity index (χ2n) is 9.10. The number of piperidine rings is 2. The summed E-state index contributed by atoms with van der Waals surface area (Å²) in [4.78, 5) is 29.9. The molecule has 0 radical (unpaired) electrons. The summed E-state index contributed by atoms with van der Waals surface area (Å²) in [6.45, 7) is 1.97. The lowest BCUT2D eigenvalue weighted by Gasteiger charge is -2.49. The number of pyridine rings is 1. The summed E-state index contributed by atoms with van der Waals surface area (Å²) in [7, 11) is 0. The van der Waals surface area contributed by atoms with Crippen LogP contribution in [0.1, 0.15) is 48.2 Å². The highest BCUT2D eigenvalue weighted by Crippen LogP contribution is 2.36. The van der Waals surface area contributed by atoms with Crippen molar-refractivity contribution in [2.45, 2.75) is 57.2 Å². The fourth-order valence-electron chi connectivity index (χ4n) is 5.28. The first-order valence-corrected chi connectivity index (χ1v) is 12.6. The Hall–Kier alpha value is -3.53. The largest absolute Gasteiger partial charge is 0.351 e. The fourth-order valence-corrected chi connectivity index (χ4v) is 6.04. The number of nitrogens with one attached hydrogen (secondary N) is 3. The van der Waals surface area contributed by atoms with Crippen molar-refractivity contribution >= 4 is 45.0 Å². The predicted molar refractivity (Wildman–Crippen MR) is 133 cm³/mol. The summed E-state index contributed by atoms with van der Waals surface area (Å²) in [5, 5.41) is 17.2. The van der Waals surface area contributed by atoms with E-state index >= 15 is 0 Å². The maximum Gasteiger partial charge on any atom is 0.254 e. The van der Waals surface area contributed by atoms with Gasteiger partial charge in [0.15, 0.2) is 5.82 Å². The molecule has 0 saturated carbocycles. The maximum atomic E-state index is 13.3. The number of rotatable bonds is 5. The zero-order valence-corrected chi connectivity index (χ0v) is 19.7. The normalized spacial score (nSPS) is 22.0. The van der Waals surface area contributed by atoms with E-state index in [4.69, 9.17) is 9.97 Å². The molecule has 3 N–H and O–H groups in total. The van der Waals surface area contributed by atoms with Crippen LogP contribution in [-0.2, 0) is 0 Å². The van der Waals surface area contributed by atoms with Gasteiger partial charge in [0.05, 0.1) is 5.39 Å². The molecule has 3 atom stereocenters. The third kappa shape index (κ3) is 3.98. The highest BCUT2D eigenvalue weighted by atomic mass is 32.1. The zero-order chi connectivity index (χ0) is 23.1. The van der Waals surface area contributed by atoms with Gasteiger partial charge >= 0.3 is 0 Å². The topological polar surface area (TPSA) is 112 Å². The molecule has 174 valence electrons. The van der Waals surface area contributed by atoms with Gasteiger partial charge in [-0.2, -0.15) is 10.1 Å². The van der Waals surface area contributed by atoms with E-state index < -0.39 is 0 Å². The quantitative estimate of drug-likeness (QED) is 0.390. The molecule has 2 aliphatic rings. The molecule has 0 spiro atoms. The van der Waals surface area contributed by atoms with Gasteiger partial charge in [-0.15, -0.1) is 11.3 Å². The number of carbonyl (C=O) groups is 1. The summed E-state index contributed by atoms with van der Waals surface area (Å²) in [5.41, 5.74) is 1.70. The molecule has 6 heterocycles. The van der Waals surface area contributed by atoms with Gasteiger partial charge in [0, 0.05) is 47.8 Å². The van der Waals surface area contributed by atoms with Crippen LogP contribution in [0.4, 0.5) is 17.6 Å². The fraction of sp³-hybridized carbons (Fsp3) is 0.375. The standard InChI is InChI=1S/C24H26N8OS/c1-14-11-20(31-30-14)27-21-19-7-10-34-22(19)29-24(28-21)26-16-12-17-3-2-4-18(13-16)32(17)23(33)15-5-8-25-9-6-15/h5-11,16-18H,2-4,12-13H2,1H3,(H3,26,27,28,29,30,31)/t16?,17-,18+. The van der Waals surface area contributed by atoms with Crippen molar-refractivity contribution in [2.24, 2.45) is 0 Å². The third-order valence-corrected chi connectivity index (χ3v) is 7.55. The number of amides is 1. The summed E-state index contributed by atoms with van der Waals surface area (Å²) in [6.07, 6.45) is 8.37. The Morgan fingerprint density at radius 2 is 1.94 bits per heavy atom. The number of aromatic nitrogens is 5. The van der Waals surface area contributed by atoms with Crippen LogP contribution in [0.2, 0.25) is 0 Å². The zero-order valence-electron chi connectivity index (χ0n) is 18.9. The van der Waals surface area contributed by atoms with E-state index in [1.54, 1.807) is 23.7 Å². The van der Waals surface area contributed by atoms with Crippen LogP contribution in [-0.4, -0.2) is 54.1 Å². The first-order valence-electron chi connectivity index (χ1n) is 11.7. The number of hydrogen-bond donors (Lipinski definition) is 3. The minimum atomic E-state index is 0.118. The molecular weight excluding hydrogens is 448 g/mol. The van der Waals surface area contributed by atoms with Gasteiger partial charge in [0.25, 0.3) is 5.91 Å². The van der Waals surface area contributed by atoms with Gasteiger partial charge in [0.2, 0.25) is 5.95 Å². The van der Waals surface area contributed by atoms with Gasteiger partial charge in [-0.1, -0.05) is 0 Å². The van der Waals surface area contributed by atoms with Crippen LogP contribution in [0.3, 0.4) is 0 Å². The van der Waals surface area contributed by atoms with Crippen LogP contribution >= 0.6 is 11.3 Å². The Morgan fingerprint density at radius 1 is 1.15 bits per heavy atom. The second-order valence-corrected chi connectivity index (χ2v) is 9.99. The summed E-state index contributed by atoms with van der Waals surface area (Å²) >= 11 is 1.59. The Balaban J connectivity index is 1.22. The first-order chi connectivity index (χ1) is 16.6. The Bertz CT molecular complexity index is 1310. The summed E-state index contributed by atoms with van der Waals surface area (Å²) in [6, 6.07) is 8.25. The molecule has 6 rings (SSSR count). The van der Waals surface area contributed by atoms with Crippen LogP contribution in [0.15, 0.2) is 42.0 Å². The molecular formula is C24H26N8OS. The number of aromatic amines is 1. The number of H-pyrrole nitrogens is 1. The molecule has 2 fully saturated rings. The van der Waals surface area contributed by atoms with E-state index in [0.29, 0.717) is 11.5 Å². The van der Waals surface area contributed by atoms with Crippen molar-refractivity contribution in [2.75, 3.05) is 10.6 Å². The molecule has 4 aromatic rings. The van der Waals surface area contributed by atoms with E-state index in [2.05, 4.69) is 30.7 Å². The summed E-state index contributed by atoms with van der Waals surface area (Å²) < 4.78 is 0. The highest BCUT2D eigenvalue weighted by molar-refractivity contribution is 7.16. The molecule has 4 aromatic heterocycles. The van der Waals surface area contributed by atoms with E-state index in [-0.39, 0.29) is 24.0 Å². The number of thiophene rings is 1. The van der Waals surface area contributed by atoms with Gasteiger partial charge in [0.1, 0.15) is 10.6 Å². The lowest BCUT2D eigenvalue weighted by atomic mass is 9.81. The molecule has 10 heteroatoms. The average Bonchev–Trinajstić information content (AvgIpc) is 3.47. The first kappa shape index (κ1) is 21.0. The lowest BCUT2D eigenvalue weighted by Crippen LogP contribution is -2.57. The van der Waals surface area contributed by atoms with Crippen molar-refractivity contribution < 1.29 is 4.79 Å². The van der Waals surface area contributed by atoms with Gasteiger partial charge in [-0.05, 0) is 62.6 Å². The van der Waals surface area contributed by atoms with E-state index in [1.807, 2.05) is 36.6 Å². The van der Waals surface area contributed by atoms with Crippen molar-refractivity contribution in [3.05, 3.63) is 53.3 Å². The highest BCUT2D eigenvalue weighted by Gasteiger charge is 2.41. The number of nitrogens with zero attached hydrogens (tertiary/aromatic N) is 5. The van der Waals surface area contributed by atoms with Crippen molar-refractivity contribution in [3.8, 4) is 0 Å². The van der Waals surface area contributed by atoms with Crippen molar-refractivity contribution in [3.63, 3.8) is 0 Å². The number of anilines is 3. The third-order valence-electron chi connectivity index (χ3n) is 6.75. The Morgan fingerprint density at radius 3 is 2.68 bits per heavy atom. The van der Waals surface area contributed by atoms with Gasteiger partial charge in [-0.3, -0.25) is 14.9 Å². The number of aryl methyl sites for hydroxylation is 1. The van der Waals surface area contributed by atoms with Crippen molar-refractivity contribution in [1.82, 2.24) is 30.0 Å². The lowest BCUT2D eigenvalue weighted by molar-refractivity contribution is 0.0259. The second kappa shape index (κ2) is 8.68. The van der Waals surface area contributed by atoms with E-state index in [1.165, 1.54) is 0 Å². The number of carbonyl (C=O) groups excluding carboxylic acids is 1. The molecule has 0 aliphatic carbocycles. The molecule has 1 unspecified atom stereocenters. The molecule has 2 aliphatic heterocycles. The van der Waals surface area contributed by atoms with Crippen LogP contribution in [0.25, 0.3) is 10.2 Å². The average molecular weight is 475 g/mol. The number of fused-ring (bicyclic) bond motifs is 3. The van der Waals surface area contributed by atoms with Gasteiger partial charge in [-0.25, -0.2) is 4.98 Å². The van der Waals surface area contributed by atoms with Crippen LogP contribution in [0.5, 0.6) is 0 Å².